The molecule has 2 heterocycles. The number of hydrogen-bond acceptors (Lipinski definition) is 6. The topological polar surface area (TPSA) is 98.8 Å². The van der Waals surface area contributed by atoms with E-state index in [-0.39, 0.29) is 13.0 Å². The minimum atomic E-state index is -1.47. The van der Waals surface area contributed by atoms with Crippen LogP contribution in [0.15, 0.2) is 42.1 Å². The molecule has 0 amide bonds. The molecule has 1 aromatic carbocycles. The standard InChI is InChI=1S/C14H14N4O4/c1-21-11-4-2-10(3-5-11)12-6-14(13(19)20,22-17-12)7-18-9-15-8-16-18/h2-5,8-9H,6-7H2,1H3,(H,19,20). The van der Waals surface area contributed by atoms with Crippen LogP contribution >= 0.6 is 0 Å². The molecule has 8 heteroatoms. The lowest BCUT2D eigenvalue weighted by molar-refractivity contribution is -0.164. The van der Waals surface area contributed by atoms with Gasteiger partial charge in [-0.15, -0.1) is 0 Å². The van der Waals surface area contributed by atoms with Gasteiger partial charge in [-0.05, 0) is 29.8 Å². The molecule has 0 bridgehead atoms. The van der Waals surface area contributed by atoms with Gasteiger partial charge in [0.2, 0.25) is 0 Å². The SMILES string of the molecule is COc1ccc(C2=NOC(Cn3cncn3)(C(=O)O)C2)cc1. The molecule has 0 aliphatic carbocycles. The van der Waals surface area contributed by atoms with Crippen LogP contribution in [0.2, 0.25) is 0 Å². The molecule has 1 aromatic heterocycles. The molecule has 2 aromatic rings. The smallest absolute Gasteiger partial charge is 0.353 e. The van der Waals surface area contributed by atoms with Gasteiger partial charge in [-0.2, -0.15) is 5.10 Å². The molecule has 1 unspecified atom stereocenters. The molecule has 0 spiro atoms. The van der Waals surface area contributed by atoms with Gasteiger partial charge in [-0.25, -0.2) is 14.5 Å². The van der Waals surface area contributed by atoms with Crippen molar-refractivity contribution in [2.24, 2.45) is 5.16 Å². The number of methoxy groups -OCH3 is 1. The molecule has 3 rings (SSSR count). The Hall–Kier alpha value is -2.90. The second kappa shape index (κ2) is 5.47. The summed E-state index contributed by atoms with van der Waals surface area (Å²) < 4.78 is 6.51. The number of ether oxygens (including phenoxy) is 1. The first-order valence-corrected chi connectivity index (χ1v) is 6.58. The van der Waals surface area contributed by atoms with Crippen LogP contribution in [0, 0.1) is 0 Å². The number of carboxylic acids is 1. The maximum Gasteiger partial charge on any atom is 0.353 e. The van der Waals surface area contributed by atoms with Gasteiger partial charge in [0.25, 0.3) is 5.60 Å². The summed E-state index contributed by atoms with van der Waals surface area (Å²) in [6.45, 7) is 0.0332. The zero-order chi connectivity index (χ0) is 15.6. The molecule has 22 heavy (non-hydrogen) atoms. The fraction of sp³-hybridized carbons (Fsp3) is 0.286. The molecule has 1 N–H and O–H groups in total. The minimum Gasteiger partial charge on any atom is -0.497 e. The zero-order valence-electron chi connectivity index (χ0n) is 11.8. The van der Waals surface area contributed by atoms with E-state index in [0.29, 0.717) is 5.71 Å². The molecular formula is C14H14N4O4. The lowest BCUT2D eigenvalue weighted by Gasteiger charge is -2.21. The summed E-state index contributed by atoms with van der Waals surface area (Å²) in [5.41, 5.74) is -0.101. The second-order valence-electron chi connectivity index (χ2n) is 4.93. The van der Waals surface area contributed by atoms with Gasteiger partial charge in [0.05, 0.1) is 19.4 Å². The second-order valence-corrected chi connectivity index (χ2v) is 4.93. The number of nitrogens with zero attached hydrogens (tertiary/aromatic N) is 4. The Labute approximate surface area is 126 Å². The van der Waals surface area contributed by atoms with Crippen molar-refractivity contribution < 1.29 is 19.5 Å². The Balaban J connectivity index is 1.81. The molecule has 1 atom stereocenters. The number of aliphatic carboxylic acids is 1. The summed E-state index contributed by atoms with van der Waals surface area (Å²) in [4.78, 5) is 20.7. The monoisotopic (exact) mass is 302 g/mol. The maximum atomic E-state index is 11.6. The largest absolute Gasteiger partial charge is 0.497 e. The third kappa shape index (κ3) is 2.50. The summed E-state index contributed by atoms with van der Waals surface area (Å²) in [6.07, 6.45) is 2.93. The summed E-state index contributed by atoms with van der Waals surface area (Å²) in [6, 6.07) is 7.20. The Morgan fingerprint density at radius 3 is 2.82 bits per heavy atom. The normalized spacial score (nSPS) is 20.3. The highest BCUT2D eigenvalue weighted by Gasteiger charge is 2.48. The van der Waals surface area contributed by atoms with Crippen LogP contribution in [0.25, 0.3) is 0 Å². The number of carboxylic acid groups (broad SMARTS) is 1. The maximum absolute atomic E-state index is 11.6. The zero-order valence-corrected chi connectivity index (χ0v) is 11.8. The molecule has 114 valence electrons. The van der Waals surface area contributed by atoms with Gasteiger partial charge >= 0.3 is 5.97 Å². The van der Waals surface area contributed by atoms with E-state index in [0.717, 1.165) is 11.3 Å². The van der Waals surface area contributed by atoms with Crippen molar-refractivity contribution >= 4 is 11.7 Å². The number of carbonyl (C=O) groups is 1. The van der Waals surface area contributed by atoms with Crippen LogP contribution in [0.3, 0.4) is 0 Å². The quantitative estimate of drug-likeness (QED) is 0.882. The number of oxime groups is 1. The number of aromatic nitrogens is 3. The number of benzene rings is 1. The highest BCUT2D eigenvalue weighted by Crippen LogP contribution is 2.29. The fourth-order valence-electron chi connectivity index (χ4n) is 2.26. The van der Waals surface area contributed by atoms with E-state index in [1.807, 2.05) is 12.1 Å². The number of rotatable bonds is 5. The summed E-state index contributed by atoms with van der Waals surface area (Å²) >= 11 is 0. The van der Waals surface area contributed by atoms with Crippen LogP contribution in [0.1, 0.15) is 12.0 Å². The Kier molecular flexibility index (Phi) is 3.50. The van der Waals surface area contributed by atoms with E-state index in [4.69, 9.17) is 9.57 Å². The van der Waals surface area contributed by atoms with Crippen molar-refractivity contribution in [3.05, 3.63) is 42.5 Å². The van der Waals surface area contributed by atoms with Crippen LogP contribution in [0.4, 0.5) is 0 Å². The predicted molar refractivity (Wildman–Crippen MR) is 75.6 cm³/mol. The van der Waals surface area contributed by atoms with Gasteiger partial charge in [-0.3, -0.25) is 0 Å². The van der Waals surface area contributed by atoms with E-state index in [1.54, 1.807) is 19.2 Å². The van der Waals surface area contributed by atoms with Crippen molar-refractivity contribution in [1.29, 1.82) is 0 Å². The molecule has 0 saturated heterocycles. The van der Waals surface area contributed by atoms with Crippen molar-refractivity contribution in [3.8, 4) is 5.75 Å². The lowest BCUT2D eigenvalue weighted by Crippen LogP contribution is -2.43. The average molecular weight is 302 g/mol. The predicted octanol–water partition coefficient (Wildman–Crippen LogP) is 0.935. The van der Waals surface area contributed by atoms with E-state index in [1.165, 1.54) is 17.3 Å². The van der Waals surface area contributed by atoms with Crippen molar-refractivity contribution in [2.45, 2.75) is 18.6 Å². The third-order valence-electron chi connectivity index (χ3n) is 3.48. The van der Waals surface area contributed by atoms with E-state index < -0.39 is 11.6 Å². The number of hydrogen-bond donors (Lipinski definition) is 1. The Morgan fingerprint density at radius 1 is 1.45 bits per heavy atom. The fourth-order valence-corrected chi connectivity index (χ4v) is 2.26. The molecule has 0 radical (unpaired) electrons. The minimum absolute atomic E-state index is 0.0332. The summed E-state index contributed by atoms with van der Waals surface area (Å²) in [5.74, 6) is -0.370. The van der Waals surface area contributed by atoms with Crippen LogP contribution in [-0.2, 0) is 16.2 Å². The summed E-state index contributed by atoms with van der Waals surface area (Å²) in [5, 5.41) is 17.4. The van der Waals surface area contributed by atoms with Crippen molar-refractivity contribution in [3.63, 3.8) is 0 Å². The van der Waals surface area contributed by atoms with Gasteiger partial charge in [0.1, 0.15) is 18.4 Å². The first-order valence-electron chi connectivity index (χ1n) is 6.58. The Morgan fingerprint density at radius 2 is 2.23 bits per heavy atom. The lowest BCUT2D eigenvalue weighted by atomic mass is 9.94. The van der Waals surface area contributed by atoms with Gasteiger partial charge in [0.15, 0.2) is 0 Å². The van der Waals surface area contributed by atoms with Crippen LogP contribution in [0.5, 0.6) is 5.75 Å². The van der Waals surface area contributed by atoms with Crippen LogP contribution in [-0.4, -0.2) is 44.3 Å². The molecule has 8 nitrogen and oxygen atoms in total. The molecule has 0 fully saturated rings. The van der Waals surface area contributed by atoms with Crippen molar-refractivity contribution in [1.82, 2.24) is 14.8 Å². The van der Waals surface area contributed by atoms with Gasteiger partial charge in [-0.1, -0.05) is 5.16 Å². The molecule has 1 aliphatic heterocycles. The molecule has 1 aliphatic rings. The van der Waals surface area contributed by atoms with E-state index >= 15 is 0 Å². The highest BCUT2D eigenvalue weighted by atomic mass is 16.7. The average Bonchev–Trinajstić information content (AvgIpc) is 3.18. The molecular weight excluding hydrogens is 288 g/mol. The molecule has 0 saturated carbocycles. The first kappa shape index (κ1) is 14.1. The van der Waals surface area contributed by atoms with Crippen molar-refractivity contribution in [2.75, 3.05) is 7.11 Å². The van der Waals surface area contributed by atoms with E-state index in [2.05, 4.69) is 15.2 Å². The van der Waals surface area contributed by atoms with E-state index in [9.17, 15) is 9.90 Å². The van der Waals surface area contributed by atoms with Gasteiger partial charge < -0.3 is 14.7 Å². The first-order chi connectivity index (χ1) is 10.6. The Bertz CT molecular complexity index is 696. The van der Waals surface area contributed by atoms with Gasteiger partial charge in [0, 0.05) is 6.42 Å². The summed E-state index contributed by atoms with van der Waals surface area (Å²) in [7, 11) is 1.58. The third-order valence-corrected chi connectivity index (χ3v) is 3.48. The highest BCUT2D eigenvalue weighted by molar-refractivity contribution is 6.04. The van der Waals surface area contributed by atoms with Crippen LogP contribution < -0.4 is 4.74 Å².